The molecule has 2 amide bonds. The summed E-state index contributed by atoms with van der Waals surface area (Å²) in [5.74, 6) is -0.228. The summed E-state index contributed by atoms with van der Waals surface area (Å²) in [6.07, 6.45) is 3.44. The molecule has 1 aromatic carbocycles. The predicted molar refractivity (Wildman–Crippen MR) is 93.0 cm³/mol. The maximum atomic E-state index is 13.2. The Labute approximate surface area is 151 Å². The van der Waals surface area contributed by atoms with Crippen LogP contribution in [-0.4, -0.2) is 40.3 Å². The second-order valence-electron chi connectivity index (χ2n) is 6.58. The normalized spacial score (nSPS) is 20.0. The number of nitrogens with one attached hydrogen (secondary N) is 1. The van der Waals surface area contributed by atoms with Crippen LogP contribution in [-0.2, 0) is 11.2 Å². The molecule has 1 aliphatic heterocycles. The summed E-state index contributed by atoms with van der Waals surface area (Å²) < 4.78 is 18.3. The summed E-state index contributed by atoms with van der Waals surface area (Å²) in [4.78, 5) is 30.4. The molecule has 0 bridgehead atoms. The molecule has 0 radical (unpaired) electrons. The zero-order valence-corrected chi connectivity index (χ0v) is 14.9. The summed E-state index contributed by atoms with van der Waals surface area (Å²) in [5, 5.41) is 2.99. The quantitative estimate of drug-likeness (QED) is 0.910. The fourth-order valence-corrected chi connectivity index (χ4v) is 3.44. The Kier molecular flexibility index (Phi) is 5.35. The lowest BCUT2D eigenvalue weighted by molar-refractivity contribution is -0.133. The molecular formula is C19H22FN3O3. The van der Waals surface area contributed by atoms with Crippen molar-refractivity contribution in [1.82, 2.24) is 15.2 Å². The molecule has 1 fully saturated rings. The number of oxazole rings is 1. The molecule has 0 aliphatic carbocycles. The molecule has 26 heavy (non-hydrogen) atoms. The van der Waals surface area contributed by atoms with Crippen LogP contribution < -0.4 is 5.32 Å². The van der Waals surface area contributed by atoms with Gasteiger partial charge in [0.15, 0.2) is 11.6 Å². The molecule has 1 saturated heterocycles. The Bertz CT molecular complexity index is 788. The molecule has 138 valence electrons. The van der Waals surface area contributed by atoms with Crippen LogP contribution in [0.2, 0.25) is 0 Å². The van der Waals surface area contributed by atoms with Gasteiger partial charge in [-0.05, 0) is 37.0 Å². The number of halogens is 1. The van der Waals surface area contributed by atoms with Gasteiger partial charge in [0.1, 0.15) is 12.1 Å². The molecule has 1 aromatic heterocycles. The van der Waals surface area contributed by atoms with Crippen LogP contribution in [0.25, 0.3) is 0 Å². The molecule has 3 rings (SSSR count). The summed E-state index contributed by atoms with van der Waals surface area (Å²) in [6, 6.07) is 5.83. The van der Waals surface area contributed by atoms with Gasteiger partial charge in [0, 0.05) is 20.4 Å². The van der Waals surface area contributed by atoms with E-state index in [1.54, 1.807) is 24.0 Å². The minimum Gasteiger partial charge on any atom is -0.448 e. The van der Waals surface area contributed by atoms with E-state index in [1.807, 2.05) is 0 Å². The zero-order valence-electron chi connectivity index (χ0n) is 14.9. The molecule has 2 atom stereocenters. The van der Waals surface area contributed by atoms with Gasteiger partial charge >= 0.3 is 0 Å². The van der Waals surface area contributed by atoms with Crippen LogP contribution in [0.1, 0.15) is 41.7 Å². The average molecular weight is 359 g/mol. The maximum absolute atomic E-state index is 13.2. The first-order valence-corrected chi connectivity index (χ1v) is 8.68. The van der Waals surface area contributed by atoms with E-state index in [2.05, 4.69) is 10.3 Å². The van der Waals surface area contributed by atoms with Crippen molar-refractivity contribution >= 4 is 11.8 Å². The molecule has 0 unspecified atom stereocenters. The Morgan fingerprint density at radius 2 is 2.08 bits per heavy atom. The van der Waals surface area contributed by atoms with Crippen LogP contribution >= 0.6 is 0 Å². The smallest absolute Gasteiger partial charge is 0.273 e. The minimum absolute atomic E-state index is 0.0339. The average Bonchev–Trinajstić information content (AvgIpc) is 3.04. The van der Waals surface area contributed by atoms with Gasteiger partial charge in [-0.1, -0.05) is 12.1 Å². The van der Waals surface area contributed by atoms with E-state index in [-0.39, 0.29) is 35.4 Å². The fraction of sp³-hybridized carbons (Fsp3) is 0.421. The van der Waals surface area contributed by atoms with Crippen LogP contribution in [0, 0.1) is 12.7 Å². The van der Waals surface area contributed by atoms with Gasteiger partial charge < -0.3 is 14.6 Å². The largest absolute Gasteiger partial charge is 0.448 e. The van der Waals surface area contributed by atoms with Crippen molar-refractivity contribution in [2.45, 2.75) is 45.2 Å². The number of piperidine rings is 1. The van der Waals surface area contributed by atoms with E-state index >= 15 is 0 Å². The van der Waals surface area contributed by atoms with Gasteiger partial charge in [0.2, 0.25) is 5.91 Å². The first-order chi connectivity index (χ1) is 12.4. The molecule has 7 heteroatoms. The van der Waals surface area contributed by atoms with E-state index in [0.29, 0.717) is 18.9 Å². The monoisotopic (exact) mass is 359 g/mol. The van der Waals surface area contributed by atoms with E-state index in [4.69, 9.17) is 4.42 Å². The molecule has 2 heterocycles. The second-order valence-corrected chi connectivity index (χ2v) is 6.58. The first kappa shape index (κ1) is 18.1. The highest BCUT2D eigenvalue weighted by molar-refractivity contribution is 5.92. The van der Waals surface area contributed by atoms with Crippen LogP contribution in [0.4, 0.5) is 4.39 Å². The van der Waals surface area contributed by atoms with Crippen molar-refractivity contribution in [3.63, 3.8) is 0 Å². The van der Waals surface area contributed by atoms with Crippen LogP contribution in [0.5, 0.6) is 0 Å². The van der Waals surface area contributed by atoms with Crippen molar-refractivity contribution in [3.05, 3.63) is 53.5 Å². The Balaban J connectivity index is 1.79. The van der Waals surface area contributed by atoms with E-state index in [9.17, 15) is 14.0 Å². The minimum atomic E-state index is -0.318. The summed E-state index contributed by atoms with van der Waals surface area (Å²) >= 11 is 0. The predicted octanol–water partition coefficient (Wildman–Crippen LogP) is 2.47. The van der Waals surface area contributed by atoms with Crippen molar-refractivity contribution in [2.24, 2.45) is 0 Å². The number of likely N-dealkylation sites (tertiary alicyclic amines) is 1. The van der Waals surface area contributed by atoms with Crippen LogP contribution in [0.3, 0.4) is 0 Å². The first-order valence-electron chi connectivity index (χ1n) is 8.68. The second kappa shape index (κ2) is 7.68. The van der Waals surface area contributed by atoms with Crippen molar-refractivity contribution in [3.8, 4) is 0 Å². The van der Waals surface area contributed by atoms with Gasteiger partial charge in [-0.15, -0.1) is 0 Å². The molecule has 2 aromatic rings. The van der Waals surface area contributed by atoms with Gasteiger partial charge in [-0.2, -0.15) is 0 Å². The number of hydrogen-bond acceptors (Lipinski definition) is 4. The van der Waals surface area contributed by atoms with Crippen molar-refractivity contribution in [2.75, 3.05) is 6.54 Å². The lowest BCUT2D eigenvalue weighted by Gasteiger charge is -2.41. The van der Waals surface area contributed by atoms with E-state index < -0.39 is 0 Å². The van der Waals surface area contributed by atoms with Crippen LogP contribution in [0.15, 0.2) is 34.9 Å². The number of nitrogens with zero attached hydrogens (tertiary/aromatic N) is 2. The standard InChI is InChI=1S/C19H22FN3O3/c1-12-21-17(11-26-12)19(25)22-16-4-3-9-23(13(2)24)18(16)10-14-5-7-15(20)8-6-14/h5-8,11,16,18H,3-4,9-10H2,1-2H3,(H,22,25)/t16-,18-/m0/s1. The van der Waals surface area contributed by atoms with Gasteiger partial charge in [-0.3, -0.25) is 9.59 Å². The summed E-state index contributed by atoms with van der Waals surface area (Å²) in [6.45, 7) is 3.85. The highest BCUT2D eigenvalue weighted by atomic mass is 19.1. The third kappa shape index (κ3) is 4.09. The number of aromatic nitrogens is 1. The van der Waals surface area contributed by atoms with Gasteiger partial charge in [0.05, 0.1) is 12.1 Å². The SMILES string of the molecule is CC(=O)N1CCC[C@H](NC(=O)c2coc(C)n2)[C@@H]1Cc1ccc(F)cc1. The zero-order chi connectivity index (χ0) is 18.7. The molecular weight excluding hydrogens is 337 g/mol. The van der Waals surface area contributed by atoms with Gasteiger partial charge in [0.25, 0.3) is 5.91 Å². The fourth-order valence-electron chi connectivity index (χ4n) is 3.44. The molecule has 0 saturated carbocycles. The summed E-state index contributed by atoms with van der Waals surface area (Å²) in [7, 11) is 0. The molecule has 1 aliphatic rings. The Morgan fingerprint density at radius 1 is 1.35 bits per heavy atom. The Morgan fingerprint density at radius 3 is 2.69 bits per heavy atom. The molecule has 6 nitrogen and oxygen atoms in total. The van der Waals surface area contributed by atoms with Crippen molar-refractivity contribution in [1.29, 1.82) is 0 Å². The highest BCUT2D eigenvalue weighted by Crippen LogP contribution is 2.22. The topological polar surface area (TPSA) is 75.4 Å². The number of carbonyl (C=O) groups excluding carboxylic acids is 2. The number of hydrogen-bond donors (Lipinski definition) is 1. The third-order valence-electron chi connectivity index (χ3n) is 4.71. The number of benzene rings is 1. The molecule has 0 spiro atoms. The number of rotatable bonds is 4. The lowest BCUT2D eigenvalue weighted by atomic mass is 9.90. The third-order valence-corrected chi connectivity index (χ3v) is 4.71. The lowest BCUT2D eigenvalue weighted by Crippen LogP contribution is -2.57. The van der Waals surface area contributed by atoms with Gasteiger partial charge in [-0.25, -0.2) is 9.37 Å². The van der Waals surface area contributed by atoms with Crippen molar-refractivity contribution < 1.29 is 18.4 Å². The van der Waals surface area contributed by atoms with E-state index in [0.717, 1.165) is 18.4 Å². The highest BCUT2D eigenvalue weighted by Gasteiger charge is 2.34. The Hall–Kier alpha value is -2.70. The van der Waals surface area contributed by atoms with E-state index in [1.165, 1.54) is 25.3 Å². The number of amides is 2. The molecule has 1 N–H and O–H groups in total. The number of aryl methyl sites for hydroxylation is 1. The number of carbonyl (C=O) groups is 2. The maximum Gasteiger partial charge on any atom is 0.273 e. The summed E-state index contributed by atoms with van der Waals surface area (Å²) in [5.41, 5.74) is 1.14.